The molecule has 1 atom stereocenters. The molecule has 0 aliphatic rings. The average Bonchev–Trinajstić information content (AvgIpc) is 3.03. The summed E-state index contributed by atoms with van der Waals surface area (Å²) < 4.78 is 35.1. The van der Waals surface area contributed by atoms with Crippen LogP contribution in [0.4, 0.5) is 5.69 Å². The molecule has 1 N–H and O–H groups in total. The van der Waals surface area contributed by atoms with Crippen molar-refractivity contribution >= 4 is 50.7 Å². The van der Waals surface area contributed by atoms with Gasteiger partial charge >= 0.3 is 0 Å². The summed E-state index contributed by atoms with van der Waals surface area (Å²) in [5, 5.41) is 3.38. The van der Waals surface area contributed by atoms with Crippen LogP contribution >= 0.6 is 23.2 Å². The van der Waals surface area contributed by atoms with E-state index in [0.29, 0.717) is 21.4 Å². The normalized spacial score (nSPS) is 11.8. The highest BCUT2D eigenvalue weighted by Crippen LogP contribution is 2.33. The minimum absolute atomic E-state index is 0.00136. The number of hydrogen-bond acceptors (Lipinski definition) is 5. The van der Waals surface area contributed by atoms with Crippen LogP contribution in [-0.4, -0.2) is 51.4 Å². The second-order valence-electron chi connectivity index (χ2n) is 9.80. The lowest BCUT2D eigenvalue weighted by Gasteiger charge is -2.34. The second-order valence-corrected chi connectivity index (χ2v) is 12.5. The SMILES string of the molecule is CCOc1ccccc1N(CC(=O)N(Cc1ccc(Cl)cc1Cl)C(Cc1ccccc1)C(=O)NC)S(=O)(=O)c1ccccc1. The maximum absolute atomic E-state index is 14.4. The number of carbonyl (C=O) groups excluding carboxylic acids is 2. The number of para-hydroxylation sites is 2. The van der Waals surface area contributed by atoms with Crippen molar-refractivity contribution in [2.24, 2.45) is 0 Å². The van der Waals surface area contributed by atoms with Gasteiger partial charge in [0.25, 0.3) is 10.0 Å². The van der Waals surface area contributed by atoms with Crippen LogP contribution in [0.1, 0.15) is 18.1 Å². The number of likely N-dealkylation sites (N-methyl/N-ethyl adjacent to an activating group) is 1. The van der Waals surface area contributed by atoms with E-state index in [-0.39, 0.29) is 30.2 Å². The van der Waals surface area contributed by atoms with E-state index in [2.05, 4.69) is 5.32 Å². The molecular formula is C33H33Cl2N3O5S. The highest BCUT2D eigenvalue weighted by Gasteiger charge is 2.35. The molecule has 0 spiro atoms. The Morgan fingerprint density at radius 1 is 0.886 bits per heavy atom. The van der Waals surface area contributed by atoms with E-state index in [1.54, 1.807) is 67.6 Å². The Kier molecular flexibility index (Phi) is 11.3. The molecule has 11 heteroatoms. The van der Waals surface area contributed by atoms with Crippen LogP contribution in [0.2, 0.25) is 10.0 Å². The summed E-state index contributed by atoms with van der Waals surface area (Å²) in [6.45, 7) is 1.37. The summed E-state index contributed by atoms with van der Waals surface area (Å²) in [4.78, 5) is 29.2. The van der Waals surface area contributed by atoms with Gasteiger partial charge in [-0.05, 0) is 54.4 Å². The molecule has 1 unspecified atom stereocenters. The molecule has 0 heterocycles. The number of sulfonamides is 1. The highest BCUT2D eigenvalue weighted by molar-refractivity contribution is 7.92. The van der Waals surface area contributed by atoms with Gasteiger partial charge in [0, 0.05) is 30.1 Å². The Balaban J connectivity index is 1.83. The predicted octanol–water partition coefficient (Wildman–Crippen LogP) is 5.97. The largest absolute Gasteiger partial charge is 0.492 e. The molecule has 8 nitrogen and oxygen atoms in total. The number of benzene rings is 4. The number of amides is 2. The molecule has 0 fully saturated rings. The lowest BCUT2D eigenvalue weighted by Crippen LogP contribution is -2.53. The van der Waals surface area contributed by atoms with E-state index in [0.717, 1.165) is 9.87 Å². The van der Waals surface area contributed by atoms with E-state index in [1.165, 1.54) is 24.1 Å². The summed E-state index contributed by atoms with van der Waals surface area (Å²) in [6, 6.07) is 27.6. The molecule has 0 aromatic heterocycles. The monoisotopic (exact) mass is 653 g/mol. The molecule has 4 rings (SSSR count). The Labute approximate surface area is 268 Å². The summed E-state index contributed by atoms with van der Waals surface area (Å²) in [5.74, 6) is -0.743. The van der Waals surface area contributed by atoms with Crippen molar-refractivity contribution in [1.29, 1.82) is 0 Å². The maximum Gasteiger partial charge on any atom is 0.264 e. The number of hydrogen-bond donors (Lipinski definition) is 1. The summed E-state index contributed by atoms with van der Waals surface area (Å²) in [5.41, 5.74) is 1.55. The first kappa shape index (κ1) is 32.9. The quantitative estimate of drug-likeness (QED) is 0.192. The lowest BCUT2D eigenvalue weighted by molar-refractivity contribution is -0.139. The second kappa shape index (κ2) is 15.1. The first-order chi connectivity index (χ1) is 21.1. The number of nitrogens with one attached hydrogen (secondary N) is 1. The zero-order valence-electron chi connectivity index (χ0n) is 24.3. The molecule has 44 heavy (non-hydrogen) atoms. The van der Waals surface area contributed by atoms with Gasteiger partial charge in [0.1, 0.15) is 18.3 Å². The van der Waals surface area contributed by atoms with Gasteiger partial charge in [-0.1, -0.05) is 89.9 Å². The third kappa shape index (κ3) is 7.91. The van der Waals surface area contributed by atoms with E-state index >= 15 is 0 Å². The Morgan fingerprint density at radius 2 is 1.52 bits per heavy atom. The first-order valence-corrected chi connectivity index (χ1v) is 16.1. The summed E-state index contributed by atoms with van der Waals surface area (Å²) in [6.07, 6.45) is 0.179. The highest BCUT2D eigenvalue weighted by atomic mass is 35.5. The van der Waals surface area contributed by atoms with Crippen LogP contribution < -0.4 is 14.4 Å². The van der Waals surface area contributed by atoms with Crippen LogP contribution in [0.15, 0.2) is 108 Å². The molecule has 4 aromatic carbocycles. The third-order valence-corrected chi connectivity index (χ3v) is 9.28. The van der Waals surface area contributed by atoms with Gasteiger partial charge in [0.2, 0.25) is 11.8 Å². The number of rotatable bonds is 13. The maximum atomic E-state index is 14.4. The van der Waals surface area contributed by atoms with Gasteiger partial charge in [-0.25, -0.2) is 8.42 Å². The number of ether oxygens (including phenoxy) is 1. The van der Waals surface area contributed by atoms with Gasteiger partial charge in [-0.3, -0.25) is 13.9 Å². The zero-order chi connectivity index (χ0) is 31.7. The topological polar surface area (TPSA) is 96.0 Å². The first-order valence-electron chi connectivity index (χ1n) is 13.9. The molecular weight excluding hydrogens is 621 g/mol. The fraction of sp³-hybridized carbons (Fsp3) is 0.212. The molecule has 0 saturated carbocycles. The van der Waals surface area contributed by atoms with E-state index in [9.17, 15) is 18.0 Å². The molecule has 2 amide bonds. The van der Waals surface area contributed by atoms with Crippen molar-refractivity contribution in [1.82, 2.24) is 10.2 Å². The fourth-order valence-electron chi connectivity index (χ4n) is 4.73. The van der Waals surface area contributed by atoms with Gasteiger partial charge < -0.3 is 15.0 Å². The predicted molar refractivity (Wildman–Crippen MR) is 174 cm³/mol. The van der Waals surface area contributed by atoms with E-state index < -0.39 is 34.4 Å². The van der Waals surface area contributed by atoms with Gasteiger partial charge in [-0.15, -0.1) is 0 Å². The van der Waals surface area contributed by atoms with E-state index in [1.807, 2.05) is 30.3 Å². The lowest BCUT2D eigenvalue weighted by atomic mass is 10.0. The Hall–Kier alpha value is -4.05. The van der Waals surface area contributed by atoms with Crippen LogP contribution in [0.5, 0.6) is 5.75 Å². The number of halogens is 2. The Morgan fingerprint density at radius 3 is 2.16 bits per heavy atom. The molecule has 4 aromatic rings. The number of anilines is 1. The molecule has 0 saturated heterocycles. The number of nitrogens with zero attached hydrogens (tertiary/aromatic N) is 2. The van der Waals surface area contributed by atoms with Gasteiger partial charge in [0.05, 0.1) is 17.2 Å². The van der Waals surface area contributed by atoms with Crippen LogP contribution in [0, 0.1) is 0 Å². The molecule has 230 valence electrons. The van der Waals surface area contributed by atoms with Gasteiger partial charge in [0.15, 0.2) is 0 Å². The minimum Gasteiger partial charge on any atom is -0.492 e. The van der Waals surface area contributed by atoms with Crippen LogP contribution in [0.3, 0.4) is 0 Å². The standard InChI is InChI=1S/C33H33Cl2N3O5S/c1-3-43-31-17-11-10-16-29(31)38(44(41,42)27-14-8-5-9-15-27)23-32(39)37(22-25-18-19-26(34)21-28(25)35)30(33(40)36-2)20-24-12-6-4-7-13-24/h4-19,21,30H,3,20,22-23H2,1-2H3,(H,36,40). The van der Waals surface area contributed by atoms with Crippen molar-refractivity contribution in [3.8, 4) is 5.75 Å². The molecule has 0 radical (unpaired) electrons. The third-order valence-electron chi connectivity index (χ3n) is 6.92. The van der Waals surface area contributed by atoms with Crippen LogP contribution in [-0.2, 0) is 32.6 Å². The smallest absolute Gasteiger partial charge is 0.264 e. The van der Waals surface area contributed by atoms with Crippen molar-refractivity contribution in [2.45, 2.75) is 30.8 Å². The van der Waals surface area contributed by atoms with E-state index in [4.69, 9.17) is 27.9 Å². The summed E-state index contributed by atoms with van der Waals surface area (Å²) >= 11 is 12.7. The van der Waals surface area contributed by atoms with Gasteiger partial charge in [-0.2, -0.15) is 0 Å². The van der Waals surface area contributed by atoms with Crippen molar-refractivity contribution < 1.29 is 22.7 Å². The summed E-state index contributed by atoms with van der Waals surface area (Å²) in [7, 11) is -2.77. The molecule has 0 aliphatic heterocycles. The molecule has 0 aliphatic carbocycles. The van der Waals surface area contributed by atoms with Crippen molar-refractivity contribution in [3.63, 3.8) is 0 Å². The minimum atomic E-state index is -4.26. The van der Waals surface area contributed by atoms with Crippen molar-refractivity contribution in [3.05, 3.63) is 124 Å². The van der Waals surface area contributed by atoms with Crippen LogP contribution in [0.25, 0.3) is 0 Å². The fourth-order valence-corrected chi connectivity index (χ4v) is 6.64. The molecule has 0 bridgehead atoms. The Bertz CT molecular complexity index is 1690. The van der Waals surface area contributed by atoms with Crippen molar-refractivity contribution in [2.75, 3.05) is 24.5 Å². The zero-order valence-corrected chi connectivity index (χ0v) is 26.6. The average molecular weight is 655 g/mol. The number of carbonyl (C=O) groups is 2.